The summed E-state index contributed by atoms with van der Waals surface area (Å²) < 4.78 is 0. The summed E-state index contributed by atoms with van der Waals surface area (Å²) in [4.78, 5) is 68.4. The zero-order valence-corrected chi connectivity index (χ0v) is 21.3. The number of para-hydroxylation sites is 1. The molecule has 0 saturated carbocycles. The maximum Gasteiger partial charge on any atom is 0.305 e. The molecule has 0 bridgehead atoms. The number of Topliss-reactive ketones (excluding diaryl/α,β-unsaturated/α-hetero) is 1. The number of hydrogen-bond donors (Lipinski definition) is 4. The standard InChI is InChI=1S/C26H27N5O6.C2H2/c1-27-20(14-21(32)33)24(35)29-19-9-5-8-17-18(15-28-22(17)19)23(34)26(37)31-12-10-30(11-13-31)25(36)16-6-3-2-4-7-16;1-2/h2-9,15,20,27-28H,10-14H2,1H3,(H,29,35)(H,32,33);1-2H. The van der Waals surface area contributed by atoms with Gasteiger partial charge in [-0.15, -0.1) is 12.8 Å². The fourth-order valence-corrected chi connectivity index (χ4v) is 4.30. The topological polar surface area (TPSA) is 152 Å². The van der Waals surface area contributed by atoms with Gasteiger partial charge in [0.05, 0.1) is 29.2 Å². The highest BCUT2D eigenvalue weighted by molar-refractivity contribution is 6.45. The molecule has 1 fully saturated rings. The molecule has 1 atom stereocenters. The van der Waals surface area contributed by atoms with Gasteiger partial charge >= 0.3 is 5.97 Å². The number of carbonyl (C=O) groups excluding carboxylic acids is 4. The lowest BCUT2D eigenvalue weighted by Gasteiger charge is -2.34. The van der Waals surface area contributed by atoms with Crippen LogP contribution in [0.15, 0.2) is 54.7 Å². The van der Waals surface area contributed by atoms with Crippen LogP contribution in [0.25, 0.3) is 10.9 Å². The van der Waals surface area contributed by atoms with E-state index in [2.05, 4.69) is 28.5 Å². The van der Waals surface area contributed by atoms with Gasteiger partial charge in [0.15, 0.2) is 0 Å². The van der Waals surface area contributed by atoms with Crippen molar-refractivity contribution >= 4 is 46.1 Å². The summed E-state index contributed by atoms with van der Waals surface area (Å²) in [5, 5.41) is 14.8. The number of terminal acetylenes is 1. The molecule has 3 amide bonds. The Morgan fingerprint density at radius 1 is 0.949 bits per heavy atom. The van der Waals surface area contributed by atoms with Crippen LogP contribution in [0, 0.1) is 12.8 Å². The normalized spacial score (nSPS) is 13.6. The predicted octanol–water partition coefficient (Wildman–Crippen LogP) is 1.59. The van der Waals surface area contributed by atoms with E-state index in [9.17, 15) is 24.0 Å². The van der Waals surface area contributed by atoms with Crippen molar-refractivity contribution in [1.29, 1.82) is 0 Å². The van der Waals surface area contributed by atoms with Crippen molar-refractivity contribution in [2.45, 2.75) is 12.5 Å². The Balaban J connectivity index is 0.00000205. The average molecular weight is 532 g/mol. The van der Waals surface area contributed by atoms with Gasteiger partial charge in [-0.25, -0.2) is 0 Å². The highest BCUT2D eigenvalue weighted by Crippen LogP contribution is 2.26. The fourth-order valence-electron chi connectivity index (χ4n) is 4.30. The van der Waals surface area contributed by atoms with Crippen molar-refractivity contribution < 1.29 is 29.1 Å². The molecule has 4 rings (SSSR count). The number of amides is 3. The Morgan fingerprint density at radius 3 is 2.21 bits per heavy atom. The van der Waals surface area contributed by atoms with Crippen molar-refractivity contribution in [3.05, 3.63) is 65.9 Å². The van der Waals surface area contributed by atoms with Crippen molar-refractivity contribution in [1.82, 2.24) is 20.1 Å². The van der Waals surface area contributed by atoms with Gasteiger partial charge in [0, 0.05) is 43.3 Å². The average Bonchev–Trinajstić information content (AvgIpc) is 3.41. The van der Waals surface area contributed by atoms with Crippen LogP contribution in [0.2, 0.25) is 0 Å². The van der Waals surface area contributed by atoms with Gasteiger partial charge in [-0.3, -0.25) is 24.0 Å². The fraction of sp³-hybridized carbons (Fsp3) is 0.250. The second kappa shape index (κ2) is 13.0. The first kappa shape index (κ1) is 28.6. The largest absolute Gasteiger partial charge is 0.481 e. The van der Waals surface area contributed by atoms with Crippen molar-refractivity contribution in [3.8, 4) is 12.8 Å². The zero-order chi connectivity index (χ0) is 28.5. The summed E-state index contributed by atoms with van der Waals surface area (Å²) in [5.74, 6) is -3.15. The molecule has 0 spiro atoms. The quantitative estimate of drug-likeness (QED) is 0.196. The Labute approximate surface area is 225 Å². The van der Waals surface area contributed by atoms with E-state index in [1.165, 1.54) is 18.1 Å². The van der Waals surface area contributed by atoms with Gasteiger partial charge in [-0.1, -0.05) is 30.3 Å². The number of piperazine rings is 1. The summed E-state index contributed by atoms with van der Waals surface area (Å²) >= 11 is 0. The van der Waals surface area contributed by atoms with Crippen molar-refractivity contribution in [2.24, 2.45) is 0 Å². The van der Waals surface area contributed by atoms with Gasteiger partial charge in [-0.05, 0) is 25.2 Å². The highest BCUT2D eigenvalue weighted by Gasteiger charge is 2.30. The monoisotopic (exact) mass is 531 g/mol. The number of carbonyl (C=O) groups is 5. The number of likely N-dealkylation sites (N-methyl/N-ethyl adjacent to an activating group) is 1. The minimum atomic E-state index is -1.12. The molecule has 1 aromatic heterocycles. The van der Waals surface area contributed by atoms with E-state index in [1.807, 2.05) is 6.07 Å². The van der Waals surface area contributed by atoms with Crippen LogP contribution in [0.4, 0.5) is 5.69 Å². The number of hydrogen-bond acceptors (Lipinski definition) is 6. The molecule has 3 aromatic rings. The molecule has 202 valence electrons. The molecule has 39 heavy (non-hydrogen) atoms. The SMILES string of the molecule is C#C.CNC(CC(=O)O)C(=O)Nc1cccc2c(C(=O)C(=O)N3CCN(C(=O)c4ccccc4)CC3)c[nH]c12. The molecule has 2 heterocycles. The number of aliphatic carboxylic acids is 1. The van der Waals surface area contributed by atoms with Crippen molar-refractivity contribution in [3.63, 3.8) is 0 Å². The number of carboxylic acids is 1. The van der Waals surface area contributed by atoms with E-state index in [1.54, 1.807) is 47.4 Å². The molecule has 1 saturated heterocycles. The molecule has 11 nitrogen and oxygen atoms in total. The molecule has 0 radical (unpaired) electrons. The Kier molecular flexibility index (Phi) is 9.56. The number of aromatic amines is 1. The lowest BCUT2D eigenvalue weighted by Crippen LogP contribution is -2.52. The molecule has 0 aliphatic carbocycles. The number of H-pyrrole nitrogens is 1. The van der Waals surface area contributed by atoms with Crippen LogP contribution < -0.4 is 10.6 Å². The third-order valence-corrected chi connectivity index (χ3v) is 6.33. The van der Waals surface area contributed by atoms with E-state index in [4.69, 9.17) is 5.11 Å². The number of fused-ring (bicyclic) bond motifs is 1. The second-order valence-electron chi connectivity index (χ2n) is 8.64. The van der Waals surface area contributed by atoms with Crippen LogP contribution in [0.1, 0.15) is 27.1 Å². The van der Waals surface area contributed by atoms with Crippen LogP contribution >= 0.6 is 0 Å². The van der Waals surface area contributed by atoms with Gasteiger partial charge in [-0.2, -0.15) is 0 Å². The minimum Gasteiger partial charge on any atom is -0.481 e. The highest BCUT2D eigenvalue weighted by atomic mass is 16.4. The number of rotatable bonds is 8. The lowest BCUT2D eigenvalue weighted by atomic mass is 10.1. The van der Waals surface area contributed by atoms with E-state index in [0.29, 0.717) is 35.2 Å². The van der Waals surface area contributed by atoms with Crippen molar-refractivity contribution in [2.75, 3.05) is 38.5 Å². The third-order valence-electron chi connectivity index (χ3n) is 6.33. The summed E-state index contributed by atoms with van der Waals surface area (Å²) in [6.45, 7) is 1.11. The Morgan fingerprint density at radius 2 is 1.59 bits per heavy atom. The maximum atomic E-state index is 13.1. The number of anilines is 1. The van der Waals surface area contributed by atoms with Crippen LogP contribution in [-0.2, 0) is 14.4 Å². The second-order valence-corrected chi connectivity index (χ2v) is 8.64. The number of nitrogens with one attached hydrogen (secondary N) is 3. The predicted molar refractivity (Wildman–Crippen MR) is 145 cm³/mol. The number of aromatic nitrogens is 1. The summed E-state index contributed by atoms with van der Waals surface area (Å²) in [6, 6.07) is 12.8. The number of benzene rings is 2. The molecule has 4 N–H and O–H groups in total. The minimum absolute atomic E-state index is 0.117. The van der Waals surface area contributed by atoms with E-state index < -0.39 is 36.0 Å². The molecular weight excluding hydrogens is 502 g/mol. The molecule has 2 aromatic carbocycles. The zero-order valence-electron chi connectivity index (χ0n) is 21.3. The maximum absolute atomic E-state index is 13.1. The summed E-state index contributed by atoms with van der Waals surface area (Å²) in [7, 11) is 1.49. The summed E-state index contributed by atoms with van der Waals surface area (Å²) in [6.07, 6.45) is 9.02. The first-order valence-electron chi connectivity index (χ1n) is 12.1. The molecule has 1 unspecified atom stereocenters. The molecule has 1 aliphatic heterocycles. The van der Waals surface area contributed by atoms with E-state index >= 15 is 0 Å². The van der Waals surface area contributed by atoms with E-state index in [0.717, 1.165) is 0 Å². The van der Waals surface area contributed by atoms with Gasteiger partial charge in [0.1, 0.15) is 0 Å². The third kappa shape index (κ3) is 6.49. The number of nitrogens with zero attached hydrogens (tertiary/aromatic N) is 2. The van der Waals surface area contributed by atoms with Gasteiger partial charge < -0.3 is 30.5 Å². The Hall–Kier alpha value is -4.95. The first-order chi connectivity index (χ1) is 18.8. The first-order valence-corrected chi connectivity index (χ1v) is 12.1. The lowest BCUT2D eigenvalue weighted by molar-refractivity contribution is -0.139. The van der Waals surface area contributed by atoms with Gasteiger partial charge in [0.25, 0.3) is 17.6 Å². The summed E-state index contributed by atoms with van der Waals surface area (Å²) in [5.41, 5.74) is 1.53. The molecular formula is C28H29N5O6. The molecule has 11 heteroatoms. The number of carboxylic acid groups (broad SMARTS) is 1. The van der Waals surface area contributed by atoms with Gasteiger partial charge in [0.2, 0.25) is 5.91 Å². The molecule has 1 aliphatic rings. The van der Waals surface area contributed by atoms with E-state index in [-0.39, 0.29) is 24.6 Å². The van der Waals surface area contributed by atoms with Crippen LogP contribution in [-0.4, -0.2) is 88.6 Å². The number of ketones is 1. The van der Waals surface area contributed by atoms with Crippen LogP contribution in [0.3, 0.4) is 0 Å². The Bertz CT molecular complexity index is 1390. The smallest absolute Gasteiger partial charge is 0.305 e. The van der Waals surface area contributed by atoms with Crippen LogP contribution in [0.5, 0.6) is 0 Å².